The van der Waals surface area contributed by atoms with Crippen LogP contribution in [0, 0.1) is 11.8 Å². The van der Waals surface area contributed by atoms with E-state index in [1.165, 1.54) is 0 Å². The van der Waals surface area contributed by atoms with E-state index in [2.05, 4.69) is 16.8 Å². The van der Waals surface area contributed by atoms with Crippen LogP contribution in [0.1, 0.15) is 17.2 Å². The van der Waals surface area contributed by atoms with E-state index < -0.39 is 12.0 Å². The van der Waals surface area contributed by atoms with Gasteiger partial charge in [-0.2, -0.15) is 0 Å². The largest absolute Gasteiger partial charge is 0.480 e. The van der Waals surface area contributed by atoms with Crippen LogP contribution in [0.4, 0.5) is 5.82 Å². The number of rotatable bonds is 6. The fourth-order valence-electron chi connectivity index (χ4n) is 2.74. The van der Waals surface area contributed by atoms with Crippen molar-refractivity contribution >= 4 is 11.8 Å². The Bertz CT molecular complexity index is 923. The number of aromatic nitrogens is 2. The number of aliphatic carboxylic acids is 1. The van der Waals surface area contributed by atoms with Crippen LogP contribution >= 0.6 is 0 Å². The molecule has 0 amide bonds. The number of carbonyl (C=O) groups is 1. The monoisotopic (exact) mass is 359 g/mol. The summed E-state index contributed by atoms with van der Waals surface area (Å²) in [7, 11) is 1.95. The van der Waals surface area contributed by atoms with Gasteiger partial charge in [0, 0.05) is 37.6 Å². The van der Waals surface area contributed by atoms with Crippen molar-refractivity contribution in [3.8, 4) is 11.8 Å². The van der Waals surface area contributed by atoms with Gasteiger partial charge in [-0.05, 0) is 42.0 Å². The van der Waals surface area contributed by atoms with Crippen molar-refractivity contribution in [2.45, 2.75) is 12.5 Å². The Morgan fingerprint density at radius 3 is 2.52 bits per heavy atom. The molecule has 27 heavy (non-hydrogen) atoms. The van der Waals surface area contributed by atoms with Crippen molar-refractivity contribution in [1.82, 2.24) is 9.55 Å². The van der Waals surface area contributed by atoms with Gasteiger partial charge >= 0.3 is 5.97 Å². The highest BCUT2D eigenvalue weighted by molar-refractivity contribution is 5.72. The highest BCUT2D eigenvalue weighted by Gasteiger charge is 2.18. The van der Waals surface area contributed by atoms with Crippen molar-refractivity contribution in [1.29, 1.82) is 0 Å². The summed E-state index contributed by atoms with van der Waals surface area (Å²) in [5.74, 6) is 6.31. The molecule has 5 heteroatoms. The first-order valence-electron chi connectivity index (χ1n) is 8.69. The number of hydrogen-bond acceptors (Lipinski definition) is 3. The van der Waals surface area contributed by atoms with Crippen molar-refractivity contribution < 1.29 is 9.90 Å². The minimum absolute atomic E-state index is 0.431. The summed E-state index contributed by atoms with van der Waals surface area (Å²) in [6.45, 7) is 0.577. The van der Waals surface area contributed by atoms with Crippen LogP contribution in [-0.4, -0.2) is 34.2 Å². The predicted molar refractivity (Wildman–Crippen MR) is 106 cm³/mol. The van der Waals surface area contributed by atoms with Crippen molar-refractivity contribution in [3.05, 3.63) is 84.3 Å². The molecule has 2 heterocycles. The zero-order valence-corrected chi connectivity index (χ0v) is 15.1. The molecule has 0 radical (unpaired) electrons. The molecular weight excluding hydrogens is 338 g/mol. The van der Waals surface area contributed by atoms with E-state index in [1.54, 1.807) is 23.2 Å². The first-order chi connectivity index (χ1) is 13.1. The van der Waals surface area contributed by atoms with Gasteiger partial charge in [0.15, 0.2) is 0 Å². The topological polar surface area (TPSA) is 58.4 Å². The van der Waals surface area contributed by atoms with Gasteiger partial charge in [-0.25, -0.2) is 9.78 Å². The smallest absolute Gasteiger partial charge is 0.327 e. The molecule has 0 aliphatic rings. The SMILES string of the molecule is CN(CC#Cc1ccc(C[C@@H](C(=O)O)n2cccc2)cc1)c1ccccn1. The van der Waals surface area contributed by atoms with Gasteiger partial charge in [-0.15, -0.1) is 0 Å². The van der Waals surface area contributed by atoms with Crippen LogP contribution in [0.25, 0.3) is 0 Å². The summed E-state index contributed by atoms with van der Waals surface area (Å²) >= 11 is 0. The van der Waals surface area contributed by atoms with E-state index in [4.69, 9.17) is 0 Å². The first-order valence-corrected chi connectivity index (χ1v) is 8.69. The lowest BCUT2D eigenvalue weighted by atomic mass is 10.0. The Balaban J connectivity index is 1.61. The fraction of sp³-hybridized carbons (Fsp3) is 0.182. The van der Waals surface area contributed by atoms with Crippen molar-refractivity contribution in [2.75, 3.05) is 18.5 Å². The van der Waals surface area contributed by atoms with E-state index in [-0.39, 0.29) is 0 Å². The Kier molecular flexibility index (Phi) is 5.91. The molecule has 1 aromatic carbocycles. The molecule has 0 saturated carbocycles. The number of carboxylic acids is 1. The molecule has 5 nitrogen and oxygen atoms in total. The average Bonchev–Trinajstić information content (AvgIpc) is 3.22. The fourth-order valence-corrected chi connectivity index (χ4v) is 2.74. The van der Waals surface area contributed by atoms with E-state index in [9.17, 15) is 9.90 Å². The van der Waals surface area contributed by atoms with Crippen LogP contribution in [-0.2, 0) is 11.2 Å². The van der Waals surface area contributed by atoms with E-state index in [0.717, 1.165) is 16.9 Å². The molecule has 0 unspecified atom stereocenters. The molecule has 0 fully saturated rings. The van der Waals surface area contributed by atoms with E-state index in [1.807, 2.05) is 66.5 Å². The summed E-state index contributed by atoms with van der Waals surface area (Å²) < 4.78 is 1.71. The second-order valence-electron chi connectivity index (χ2n) is 6.23. The minimum Gasteiger partial charge on any atom is -0.480 e. The van der Waals surface area contributed by atoms with Gasteiger partial charge in [-0.3, -0.25) is 0 Å². The quantitative estimate of drug-likeness (QED) is 0.687. The lowest BCUT2D eigenvalue weighted by Crippen LogP contribution is -2.20. The molecule has 3 rings (SSSR count). The molecule has 136 valence electrons. The second-order valence-corrected chi connectivity index (χ2v) is 6.23. The van der Waals surface area contributed by atoms with Crippen LogP contribution in [0.3, 0.4) is 0 Å². The van der Waals surface area contributed by atoms with Gasteiger partial charge in [0.25, 0.3) is 0 Å². The maximum Gasteiger partial charge on any atom is 0.327 e. The Labute approximate surface area is 158 Å². The standard InChI is InChI=1S/C22H21N3O2/c1-24(21-8-2-3-13-23-21)14-6-7-18-9-11-19(12-10-18)17-20(22(26)27)25-15-4-5-16-25/h2-5,8-13,15-16,20H,14,17H2,1H3,(H,26,27)/t20-/m0/s1. The van der Waals surface area contributed by atoms with Gasteiger partial charge in [0.1, 0.15) is 11.9 Å². The van der Waals surface area contributed by atoms with Gasteiger partial charge in [0.05, 0.1) is 6.54 Å². The summed E-state index contributed by atoms with van der Waals surface area (Å²) in [5.41, 5.74) is 1.87. The first kappa shape index (κ1) is 18.3. The normalized spacial score (nSPS) is 11.3. The van der Waals surface area contributed by atoms with Crippen LogP contribution in [0.5, 0.6) is 0 Å². The van der Waals surface area contributed by atoms with Gasteiger partial charge < -0.3 is 14.6 Å². The van der Waals surface area contributed by atoms with Crippen molar-refractivity contribution in [2.24, 2.45) is 0 Å². The second kappa shape index (κ2) is 8.72. The molecule has 2 aromatic heterocycles. The van der Waals surface area contributed by atoms with Crippen LogP contribution in [0.15, 0.2) is 73.2 Å². The molecule has 0 aliphatic heterocycles. The number of benzene rings is 1. The number of hydrogen-bond donors (Lipinski definition) is 1. The summed E-state index contributed by atoms with van der Waals surface area (Å²) in [6.07, 6.45) is 5.74. The third kappa shape index (κ3) is 4.99. The maximum atomic E-state index is 11.5. The maximum absolute atomic E-state index is 11.5. The molecule has 3 aromatic rings. The summed E-state index contributed by atoms with van der Waals surface area (Å²) in [5, 5.41) is 9.47. The Morgan fingerprint density at radius 2 is 1.89 bits per heavy atom. The number of anilines is 1. The lowest BCUT2D eigenvalue weighted by molar-refractivity contribution is -0.140. The number of carboxylic acid groups (broad SMARTS) is 1. The predicted octanol–water partition coefficient (Wildman–Crippen LogP) is 3.24. The van der Waals surface area contributed by atoms with E-state index in [0.29, 0.717) is 13.0 Å². The molecule has 0 saturated heterocycles. The van der Waals surface area contributed by atoms with E-state index >= 15 is 0 Å². The van der Waals surface area contributed by atoms with Gasteiger partial charge in [-0.1, -0.05) is 30.0 Å². The molecule has 0 spiro atoms. The Hall–Kier alpha value is -3.52. The van der Waals surface area contributed by atoms with Crippen molar-refractivity contribution in [3.63, 3.8) is 0 Å². The molecule has 0 bridgehead atoms. The third-order valence-corrected chi connectivity index (χ3v) is 4.24. The van der Waals surface area contributed by atoms with Gasteiger partial charge in [0.2, 0.25) is 0 Å². The highest BCUT2D eigenvalue weighted by Crippen LogP contribution is 2.16. The zero-order valence-electron chi connectivity index (χ0n) is 15.1. The third-order valence-electron chi connectivity index (χ3n) is 4.24. The number of nitrogens with zero attached hydrogens (tertiary/aromatic N) is 3. The highest BCUT2D eigenvalue weighted by atomic mass is 16.4. The van der Waals surface area contributed by atoms with Crippen LogP contribution in [0.2, 0.25) is 0 Å². The minimum atomic E-state index is -0.840. The molecule has 1 atom stereocenters. The summed E-state index contributed by atoms with van der Waals surface area (Å²) in [4.78, 5) is 17.8. The summed E-state index contributed by atoms with van der Waals surface area (Å²) in [6, 6.07) is 16.6. The molecular formula is C22H21N3O2. The number of pyridine rings is 1. The Morgan fingerprint density at radius 1 is 1.15 bits per heavy atom. The average molecular weight is 359 g/mol. The zero-order chi connectivity index (χ0) is 19.1. The molecule has 0 aliphatic carbocycles. The lowest BCUT2D eigenvalue weighted by Gasteiger charge is -2.14. The molecule has 1 N–H and O–H groups in total. The van der Waals surface area contributed by atoms with Crippen LogP contribution < -0.4 is 4.90 Å².